The van der Waals surface area contributed by atoms with Crippen LogP contribution < -0.4 is 11.5 Å². The predicted octanol–water partition coefficient (Wildman–Crippen LogP) is -0.292. The Morgan fingerprint density at radius 1 is 1.45 bits per heavy atom. The molecular formula is C13H18N2O5. The molecule has 5 N–H and O–H groups in total. The molecule has 20 heavy (non-hydrogen) atoms. The third-order valence-electron chi connectivity index (χ3n) is 2.75. The number of nitrogens with two attached hydrogens (primary N) is 2. The van der Waals surface area contributed by atoms with E-state index in [1.54, 1.807) is 18.2 Å². The maximum absolute atomic E-state index is 12.1. The topological polar surface area (TPSA) is 133 Å². The summed E-state index contributed by atoms with van der Waals surface area (Å²) in [7, 11) is 0. The molecule has 0 fully saturated rings. The average molecular weight is 282 g/mol. The fourth-order valence-corrected chi connectivity index (χ4v) is 1.69. The largest absolute Gasteiger partial charge is 0.481 e. The minimum absolute atomic E-state index is 0.153. The zero-order chi connectivity index (χ0) is 15.3. The van der Waals surface area contributed by atoms with Crippen molar-refractivity contribution >= 4 is 17.7 Å². The SMILES string of the molecule is C[C@H](N)C(=O)OC1=CCC=CC1C(=O)[C@@H](N)CC(=O)O. The predicted molar refractivity (Wildman–Crippen MR) is 70.3 cm³/mol. The monoisotopic (exact) mass is 282 g/mol. The van der Waals surface area contributed by atoms with Crippen molar-refractivity contribution in [2.75, 3.05) is 0 Å². The zero-order valence-electron chi connectivity index (χ0n) is 11.1. The van der Waals surface area contributed by atoms with Crippen molar-refractivity contribution in [1.29, 1.82) is 0 Å². The summed E-state index contributed by atoms with van der Waals surface area (Å²) in [5.41, 5.74) is 10.9. The van der Waals surface area contributed by atoms with Gasteiger partial charge in [0.25, 0.3) is 0 Å². The van der Waals surface area contributed by atoms with Gasteiger partial charge >= 0.3 is 11.9 Å². The van der Waals surface area contributed by atoms with E-state index in [2.05, 4.69) is 0 Å². The molecule has 0 aromatic rings. The summed E-state index contributed by atoms with van der Waals surface area (Å²) in [5.74, 6) is -3.02. The number of esters is 1. The molecule has 0 bridgehead atoms. The minimum Gasteiger partial charge on any atom is -0.481 e. The second-order valence-corrected chi connectivity index (χ2v) is 4.56. The van der Waals surface area contributed by atoms with Gasteiger partial charge in [-0.2, -0.15) is 0 Å². The highest BCUT2D eigenvalue weighted by Crippen LogP contribution is 2.23. The molecule has 0 aliphatic heterocycles. The van der Waals surface area contributed by atoms with E-state index in [1.807, 2.05) is 0 Å². The molecule has 1 aliphatic rings. The number of hydrogen-bond acceptors (Lipinski definition) is 6. The van der Waals surface area contributed by atoms with Gasteiger partial charge in [0.2, 0.25) is 0 Å². The molecule has 7 heteroatoms. The lowest BCUT2D eigenvalue weighted by molar-refractivity contribution is -0.143. The Morgan fingerprint density at radius 3 is 2.65 bits per heavy atom. The van der Waals surface area contributed by atoms with Crippen LogP contribution in [0.2, 0.25) is 0 Å². The summed E-state index contributed by atoms with van der Waals surface area (Å²) in [5, 5.41) is 8.65. The van der Waals surface area contributed by atoms with Crippen molar-refractivity contribution < 1.29 is 24.2 Å². The number of Topliss-reactive ketones (excluding diaryl/α,β-unsaturated/α-hetero) is 1. The highest BCUT2D eigenvalue weighted by atomic mass is 16.5. The van der Waals surface area contributed by atoms with Gasteiger partial charge in [-0.1, -0.05) is 12.2 Å². The maximum Gasteiger partial charge on any atom is 0.327 e. The van der Waals surface area contributed by atoms with Crippen LogP contribution in [0.4, 0.5) is 0 Å². The summed E-state index contributed by atoms with van der Waals surface area (Å²) in [6.45, 7) is 1.47. The van der Waals surface area contributed by atoms with Crippen LogP contribution in [0.5, 0.6) is 0 Å². The van der Waals surface area contributed by atoms with Crippen LogP contribution in [0, 0.1) is 5.92 Å². The number of ether oxygens (including phenoxy) is 1. The van der Waals surface area contributed by atoms with Crippen molar-refractivity contribution in [3.63, 3.8) is 0 Å². The zero-order valence-corrected chi connectivity index (χ0v) is 11.1. The van der Waals surface area contributed by atoms with E-state index in [0.29, 0.717) is 6.42 Å². The van der Waals surface area contributed by atoms with E-state index in [4.69, 9.17) is 21.3 Å². The second kappa shape index (κ2) is 6.97. The first-order valence-corrected chi connectivity index (χ1v) is 6.18. The number of ketones is 1. The van der Waals surface area contributed by atoms with Crippen LogP contribution in [0.1, 0.15) is 19.8 Å². The van der Waals surface area contributed by atoms with Crippen molar-refractivity contribution in [2.24, 2.45) is 17.4 Å². The van der Waals surface area contributed by atoms with E-state index in [0.717, 1.165) is 0 Å². The summed E-state index contributed by atoms with van der Waals surface area (Å²) >= 11 is 0. The standard InChI is InChI=1S/C13H18N2O5/c1-7(14)13(19)20-10-5-3-2-4-8(10)12(18)9(15)6-11(16)17/h2,4-5,7-9H,3,6,14-15H2,1H3,(H,16,17)/t7-,8?,9-/m0/s1. The summed E-state index contributed by atoms with van der Waals surface area (Å²) in [4.78, 5) is 34.1. The molecular weight excluding hydrogens is 264 g/mol. The van der Waals surface area contributed by atoms with E-state index in [-0.39, 0.29) is 5.76 Å². The lowest BCUT2D eigenvalue weighted by Gasteiger charge is -2.21. The number of rotatable bonds is 6. The molecule has 1 rings (SSSR count). The number of carboxylic acid groups (broad SMARTS) is 1. The fourth-order valence-electron chi connectivity index (χ4n) is 1.69. The molecule has 0 heterocycles. The smallest absolute Gasteiger partial charge is 0.327 e. The van der Waals surface area contributed by atoms with E-state index in [1.165, 1.54) is 6.92 Å². The van der Waals surface area contributed by atoms with Crippen LogP contribution in [-0.4, -0.2) is 34.9 Å². The molecule has 0 saturated carbocycles. The van der Waals surface area contributed by atoms with Gasteiger partial charge in [0, 0.05) is 0 Å². The summed E-state index contributed by atoms with van der Waals surface area (Å²) < 4.78 is 5.06. The number of allylic oxidation sites excluding steroid dienone is 3. The Balaban J connectivity index is 2.80. The van der Waals surface area contributed by atoms with Crippen LogP contribution in [0.3, 0.4) is 0 Å². The lowest BCUT2D eigenvalue weighted by Crippen LogP contribution is -2.39. The minimum atomic E-state index is -1.16. The van der Waals surface area contributed by atoms with Gasteiger partial charge < -0.3 is 21.3 Å². The van der Waals surface area contributed by atoms with Crippen LogP contribution in [-0.2, 0) is 19.1 Å². The molecule has 0 spiro atoms. The van der Waals surface area contributed by atoms with Crippen molar-refractivity contribution in [3.8, 4) is 0 Å². The van der Waals surface area contributed by atoms with Crippen molar-refractivity contribution in [2.45, 2.75) is 31.8 Å². The normalized spacial score (nSPS) is 20.8. The first-order chi connectivity index (χ1) is 9.32. The van der Waals surface area contributed by atoms with Crippen LogP contribution >= 0.6 is 0 Å². The number of hydrogen-bond donors (Lipinski definition) is 3. The molecule has 0 aromatic carbocycles. The lowest BCUT2D eigenvalue weighted by atomic mass is 9.91. The third kappa shape index (κ3) is 4.29. The Morgan fingerprint density at radius 2 is 2.10 bits per heavy atom. The van der Waals surface area contributed by atoms with Gasteiger partial charge in [0.1, 0.15) is 11.8 Å². The van der Waals surface area contributed by atoms with E-state index < -0.39 is 42.1 Å². The second-order valence-electron chi connectivity index (χ2n) is 4.56. The van der Waals surface area contributed by atoms with Gasteiger partial charge in [0.15, 0.2) is 5.78 Å². The first-order valence-electron chi connectivity index (χ1n) is 6.18. The maximum atomic E-state index is 12.1. The van der Waals surface area contributed by atoms with Crippen LogP contribution in [0.15, 0.2) is 24.0 Å². The number of carboxylic acids is 1. The highest BCUT2D eigenvalue weighted by Gasteiger charge is 2.30. The van der Waals surface area contributed by atoms with Gasteiger partial charge in [-0.25, -0.2) is 4.79 Å². The average Bonchev–Trinajstić information content (AvgIpc) is 2.37. The van der Waals surface area contributed by atoms with Gasteiger partial charge in [-0.3, -0.25) is 9.59 Å². The number of aliphatic carboxylic acids is 1. The molecule has 110 valence electrons. The Bertz CT molecular complexity index is 467. The van der Waals surface area contributed by atoms with Gasteiger partial charge in [-0.15, -0.1) is 0 Å². The Kier molecular flexibility index (Phi) is 5.60. The number of carbonyl (C=O) groups is 3. The molecule has 0 amide bonds. The number of carbonyl (C=O) groups excluding carboxylic acids is 2. The van der Waals surface area contributed by atoms with Crippen molar-refractivity contribution in [1.82, 2.24) is 0 Å². The molecule has 0 radical (unpaired) electrons. The molecule has 7 nitrogen and oxygen atoms in total. The van der Waals surface area contributed by atoms with E-state index >= 15 is 0 Å². The fraction of sp³-hybridized carbons (Fsp3) is 0.462. The summed E-state index contributed by atoms with van der Waals surface area (Å²) in [6, 6.07) is -1.97. The molecule has 0 saturated heterocycles. The highest BCUT2D eigenvalue weighted by molar-refractivity contribution is 5.93. The Labute approximate surface area is 116 Å². The van der Waals surface area contributed by atoms with Gasteiger partial charge in [0.05, 0.1) is 18.4 Å². The molecule has 3 atom stereocenters. The molecule has 1 aliphatic carbocycles. The van der Waals surface area contributed by atoms with Crippen LogP contribution in [0.25, 0.3) is 0 Å². The molecule has 1 unspecified atom stereocenters. The summed E-state index contributed by atoms with van der Waals surface area (Å²) in [6.07, 6.45) is 4.89. The quantitative estimate of drug-likeness (QED) is 0.450. The first kappa shape index (κ1) is 16.1. The molecule has 0 aromatic heterocycles. The van der Waals surface area contributed by atoms with Crippen molar-refractivity contribution in [3.05, 3.63) is 24.0 Å². The van der Waals surface area contributed by atoms with Gasteiger partial charge in [-0.05, 0) is 19.4 Å². The van der Waals surface area contributed by atoms with E-state index in [9.17, 15) is 14.4 Å². The third-order valence-corrected chi connectivity index (χ3v) is 2.75. The Hall–Kier alpha value is -1.99.